The second-order valence-corrected chi connectivity index (χ2v) is 8.73. The Bertz CT molecular complexity index is 1040. The van der Waals surface area contributed by atoms with Gasteiger partial charge in [-0.1, -0.05) is 90.6 Å². The Morgan fingerprint density at radius 1 is 0.613 bits per heavy atom. The molecule has 0 aromatic heterocycles. The van der Waals surface area contributed by atoms with Gasteiger partial charge >= 0.3 is 0 Å². The summed E-state index contributed by atoms with van der Waals surface area (Å²) in [6.45, 7) is 1.51. The Morgan fingerprint density at radius 2 is 1.06 bits per heavy atom. The molecule has 4 rings (SSSR count). The molecule has 0 amide bonds. The molecule has 4 aromatic rings. The first kappa shape index (κ1) is 21.2. The van der Waals surface area contributed by atoms with Gasteiger partial charge in [-0.25, -0.2) is 0 Å². The number of nitrogens with zero attached hydrogens (tertiary/aromatic N) is 1. The molecule has 0 aliphatic carbocycles. The van der Waals surface area contributed by atoms with Crippen molar-refractivity contribution in [1.82, 2.24) is 4.90 Å². The molecule has 0 radical (unpaired) electrons. The summed E-state index contributed by atoms with van der Waals surface area (Å²) in [7, 11) is 0. The largest absolute Gasteiger partial charge is 0.340 e. The van der Waals surface area contributed by atoms with E-state index in [1.54, 1.807) is 11.8 Å². The van der Waals surface area contributed by atoms with Crippen LogP contribution in [0.5, 0.6) is 0 Å². The van der Waals surface area contributed by atoms with Gasteiger partial charge in [0.1, 0.15) is 0 Å². The fraction of sp³-hybridized carbons (Fsp3) is 0.0741. The molecular weight excluding hydrogens is 416 g/mol. The number of hydrogen-bond donors (Lipinski definition) is 1. The Hall–Kier alpha value is -3.08. The molecule has 0 bridgehead atoms. The lowest BCUT2D eigenvalue weighted by Gasteiger charge is -2.26. The fourth-order valence-corrected chi connectivity index (χ4v) is 4.33. The van der Waals surface area contributed by atoms with Crippen LogP contribution in [-0.2, 0) is 13.1 Å². The molecule has 0 spiro atoms. The maximum atomic E-state index is 5.80. The van der Waals surface area contributed by atoms with Crippen molar-refractivity contribution in [2.45, 2.75) is 22.9 Å². The highest BCUT2D eigenvalue weighted by molar-refractivity contribution is 7.99. The summed E-state index contributed by atoms with van der Waals surface area (Å²) in [6, 6.07) is 39.7. The molecule has 0 saturated carbocycles. The zero-order valence-electron chi connectivity index (χ0n) is 17.1. The zero-order valence-corrected chi connectivity index (χ0v) is 18.8. The normalized spacial score (nSPS) is 10.5. The highest BCUT2D eigenvalue weighted by atomic mass is 32.2. The second-order valence-electron chi connectivity index (χ2n) is 7.20. The number of benzene rings is 4. The molecule has 31 heavy (non-hydrogen) atoms. The molecule has 0 saturated heterocycles. The lowest BCUT2D eigenvalue weighted by Crippen LogP contribution is -2.33. The summed E-state index contributed by atoms with van der Waals surface area (Å²) in [6.07, 6.45) is 0. The van der Waals surface area contributed by atoms with Crippen molar-refractivity contribution in [2.24, 2.45) is 0 Å². The average molecular weight is 441 g/mol. The lowest BCUT2D eigenvalue weighted by atomic mass is 10.2. The van der Waals surface area contributed by atoms with E-state index in [0.717, 1.165) is 23.9 Å². The molecular formula is C27H24N2S2. The van der Waals surface area contributed by atoms with Gasteiger partial charge in [-0.05, 0) is 59.7 Å². The first-order valence-corrected chi connectivity index (χ1v) is 11.5. The van der Waals surface area contributed by atoms with E-state index < -0.39 is 0 Å². The maximum Gasteiger partial charge on any atom is 0.174 e. The van der Waals surface area contributed by atoms with E-state index in [2.05, 4.69) is 107 Å². The predicted octanol–water partition coefficient (Wildman–Crippen LogP) is 7.24. The quantitative estimate of drug-likeness (QED) is 0.305. The van der Waals surface area contributed by atoms with Crippen LogP contribution in [0, 0.1) is 0 Å². The third-order valence-corrected chi connectivity index (χ3v) is 6.18. The van der Waals surface area contributed by atoms with Crippen molar-refractivity contribution >= 4 is 34.8 Å². The molecule has 154 valence electrons. The molecule has 0 atom stereocenters. The highest BCUT2D eigenvalue weighted by Gasteiger charge is 2.12. The van der Waals surface area contributed by atoms with Gasteiger partial charge in [-0.2, -0.15) is 0 Å². The van der Waals surface area contributed by atoms with Crippen LogP contribution in [0.4, 0.5) is 5.69 Å². The monoisotopic (exact) mass is 440 g/mol. The third kappa shape index (κ3) is 6.45. The van der Waals surface area contributed by atoms with Crippen molar-refractivity contribution in [3.8, 4) is 0 Å². The van der Waals surface area contributed by atoms with Gasteiger partial charge in [0, 0.05) is 28.6 Å². The lowest BCUT2D eigenvalue weighted by molar-refractivity contribution is 0.413. The summed E-state index contributed by atoms with van der Waals surface area (Å²) >= 11 is 7.56. The first-order chi connectivity index (χ1) is 15.3. The number of hydrogen-bond acceptors (Lipinski definition) is 2. The molecule has 0 aliphatic rings. The van der Waals surface area contributed by atoms with Crippen molar-refractivity contribution in [1.29, 1.82) is 0 Å². The highest BCUT2D eigenvalue weighted by Crippen LogP contribution is 2.28. The van der Waals surface area contributed by atoms with Crippen LogP contribution in [0.15, 0.2) is 125 Å². The van der Waals surface area contributed by atoms with Crippen LogP contribution >= 0.6 is 24.0 Å². The van der Waals surface area contributed by atoms with Crippen molar-refractivity contribution < 1.29 is 0 Å². The number of rotatable bonds is 7. The zero-order chi connectivity index (χ0) is 21.3. The minimum Gasteiger partial charge on any atom is -0.340 e. The first-order valence-electron chi connectivity index (χ1n) is 10.2. The van der Waals surface area contributed by atoms with E-state index in [0.29, 0.717) is 0 Å². The van der Waals surface area contributed by atoms with Crippen LogP contribution in [0.1, 0.15) is 11.1 Å². The molecule has 0 fully saturated rings. The van der Waals surface area contributed by atoms with Crippen LogP contribution in [-0.4, -0.2) is 10.0 Å². The van der Waals surface area contributed by atoms with Crippen LogP contribution in [0.25, 0.3) is 0 Å². The molecule has 4 aromatic carbocycles. The molecule has 1 N–H and O–H groups in total. The van der Waals surface area contributed by atoms with Crippen molar-refractivity contribution in [2.75, 3.05) is 5.32 Å². The standard InChI is InChI=1S/C27H24N2S2/c30-27(28-24-16-18-26(19-17-24)31-25-14-8-3-9-15-25)29(20-22-10-4-1-5-11-22)21-23-12-6-2-7-13-23/h1-19H,20-21H2,(H,28,30). The van der Waals surface area contributed by atoms with Crippen LogP contribution in [0.2, 0.25) is 0 Å². The third-order valence-electron chi connectivity index (χ3n) is 4.80. The topological polar surface area (TPSA) is 15.3 Å². The molecule has 0 aliphatic heterocycles. The predicted molar refractivity (Wildman–Crippen MR) is 135 cm³/mol. The molecule has 0 unspecified atom stereocenters. The van der Waals surface area contributed by atoms with Gasteiger partial charge in [0.05, 0.1) is 0 Å². The second kappa shape index (κ2) is 10.8. The van der Waals surface area contributed by atoms with Gasteiger partial charge in [-0.15, -0.1) is 0 Å². The Labute approximate surface area is 193 Å². The molecule has 4 heteroatoms. The number of nitrogens with one attached hydrogen (secondary N) is 1. The van der Waals surface area contributed by atoms with E-state index in [-0.39, 0.29) is 0 Å². The Kier molecular flexibility index (Phi) is 7.37. The summed E-state index contributed by atoms with van der Waals surface area (Å²) in [4.78, 5) is 4.64. The van der Waals surface area contributed by atoms with E-state index in [9.17, 15) is 0 Å². The summed E-state index contributed by atoms with van der Waals surface area (Å²) in [5, 5.41) is 4.14. The summed E-state index contributed by atoms with van der Waals surface area (Å²) < 4.78 is 0. The summed E-state index contributed by atoms with van der Waals surface area (Å²) in [5.74, 6) is 0. The molecule has 0 heterocycles. The molecule has 2 nitrogen and oxygen atoms in total. The van der Waals surface area contributed by atoms with Crippen molar-refractivity contribution in [3.63, 3.8) is 0 Å². The van der Waals surface area contributed by atoms with Crippen molar-refractivity contribution in [3.05, 3.63) is 126 Å². The fourth-order valence-electron chi connectivity index (χ4n) is 3.24. The SMILES string of the molecule is S=C(Nc1ccc(Sc2ccccc2)cc1)N(Cc1ccccc1)Cc1ccccc1. The van der Waals surface area contributed by atoms with E-state index in [1.807, 2.05) is 18.2 Å². The van der Waals surface area contributed by atoms with Gasteiger partial charge in [0.25, 0.3) is 0 Å². The summed E-state index contributed by atoms with van der Waals surface area (Å²) in [5.41, 5.74) is 3.46. The van der Waals surface area contributed by atoms with Crippen LogP contribution < -0.4 is 5.32 Å². The van der Waals surface area contributed by atoms with Gasteiger partial charge < -0.3 is 10.2 Å². The van der Waals surface area contributed by atoms with E-state index >= 15 is 0 Å². The Morgan fingerprint density at radius 3 is 1.58 bits per heavy atom. The maximum absolute atomic E-state index is 5.80. The minimum atomic E-state index is 0.719. The Balaban J connectivity index is 1.44. The number of thiocarbonyl (C=S) groups is 1. The van der Waals surface area contributed by atoms with Gasteiger partial charge in [0.15, 0.2) is 5.11 Å². The van der Waals surface area contributed by atoms with Gasteiger partial charge in [-0.3, -0.25) is 0 Å². The van der Waals surface area contributed by atoms with Crippen LogP contribution in [0.3, 0.4) is 0 Å². The van der Waals surface area contributed by atoms with E-state index in [4.69, 9.17) is 12.2 Å². The number of anilines is 1. The van der Waals surface area contributed by atoms with E-state index in [1.165, 1.54) is 20.9 Å². The average Bonchev–Trinajstić information content (AvgIpc) is 2.82. The smallest absolute Gasteiger partial charge is 0.174 e. The minimum absolute atomic E-state index is 0.719. The van der Waals surface area contributed by atoms with Gasteiger partial charge in [0.2, 0.25) is 0 Å².